The van der Waals surface area contributed by atoms with Crippen LogP contribution in [-0.4, -0.2) is 25.8 Å². The van der Waals surface area contributed by atoms with Gasteiger partial charge < -0.3 is 9.84 Å². The minimum atomic E-state index is -1.43. The highest BCUT2D eigenvalue weighted by molar-refractivity contribution is 5.76. The number of aliphatic carboxylic acids is 1. The lowest BCUT2D eigenvalue weighted by Gasteiger charge is -2.31. The van der Waals surface area contributed by atoms with E-state index in [0.717, 1.165) is 36.4 Å². The van der Waals surface area contributed by atoms with Crippen LogP contribution in [0.4, 0.5) is 4.39 Å². The SMILES string of the molecule is CC(C(=O)O)(C1CCCC1)n1ncc(Oc2ncccc2F)cc1=O. The van der Waals surface area contributed by atoms with Crippen LogP contribution >= 0.6 is 0 Å². The van der Waals surface area contributed by atoms with Crippen molar-refractivity contribution < 1.29 is 19.0 Å². The molecule has 0 aliphatic heterocycles. The molecule has 2 aromatic heterocycles. The second-order valence-electron chi connectivity index (χ2n) is 6.27. The molecule has 1 N–H and O–H groups in total. The maximum atomic E-state index is 13.6. The summed E-state index contributed by atoms with van der Waals surface area (Å²) in [5.41, 5.74) is -2.05. The Balaban J connectivity index is 1.94. The van der Waals surface area contributed by atoms with Crippen LogP contribution in [0.1, 0.15) is 32.6 Å². The minimum absolute atomic E-state index is 0.00184. The Morgan fingerprint density at radius 1 is 1.44 bits per heavy atom. The monoisotopic (exact) mass is 347 g/mol. The van der Waals surface area contributed by atoms with Gasteiger partial charge in [0.1, 0.15) is 0 Å². The van der Waals surface area contributed by atoms with Crippen molar-refractivity contribution in [1.82, 2.24) is 14.8 Å². The summed E-state index contributed by atoms with van der Waals surface area (Å²) in [6.45, 7) is 1.51. The van der Waals surface area contributed by atoms with Gasteiger partial charge in [-0.2, -0.15) is 5.10 Å². The molecule has 1 unspecified atom stereocenters. The van der Waals surface area contributed by atoms with Gasteiger partial charge >= 0.3 is 5.97 Å². The van der Waals surface area contributed by atoms with E-state index in [9.17, 15) is 19.1 Å². The van der Waals surface area contributed by atoms with Crippen LogP contribution < -0.4 is 10.3 Å². The Labute approximate surface area is 143 Å². The normalized spacial score (nSPS) is 17.2. The molecule has 1 saturated carbocycles. The fourth-order valence-corrected chi connectivity index (χ4v) is 3.28. The van der Waals surface area contributed by atoms with Gasteiger partial charge in [0, 0.05) is 12.3 Å². The fraction of sp³-hybridized carbons (Fsp3) is 0.412. The summed E-state index contributed by atoms with van der Waals surface area (Å²) in [4.78, 5) is 28.1. The van der Waals surface area contributed by atoms with E-state index in [1.54, 1.807) is 0 Å². The second kappa shape index (κ2) is 6.62. The van der Waals surface area contributed by atoms with Crippen molar-refractivity contribution in [3.63, 3.8) is 0 Å². The number of ether oxygens (including phenoxy) is 1. The Morgan fingerprint density at radius 3 is 2.76 bits per heavy atom. The van der Waals surface area contributed by atoms with Crippen LogP contribution in [-0.2, 0) is 10.3 Å². The van der Waals surface area contributed by atoms with Gasteiger partial charge in [-0.05, 0) is 37.8 Å². The van der Waals surface area contributed by atoms with E-state index in [1.807, 2.05) is 0 Å². The van der Waals surface area contributed by atoms with Gasteiger partial charge in [-0.1, -0.05) is 12.8 Å². The van der Waals surface area contributed by atoms with Gasteiger partial charge in [0.2, 0.25) is 0 Å². The Kier molecular flexibility index (Phi) is 4.52. The zero-order chi connectivity index (χ0) is 18.0. The molecule has 3 rings (SSSR count). The molecule has 8 heteroatoms. The number of pyridine rings is 1. The predicted molar refractivity (Wildman–Crippen MR) is 86.0 cm³/mol. The maximum Gasteiger partial charge on any atom is 0.331 e. The third-order valence-electron chi connectivity index (χ3n) is 4.74. The van der Waals surface area contributed by atoms with Crippen LogP contribution in [0.25, 0.3) is 0 Å². The molecule has 132 valence electrons. The molecule has 0 saturated heterocycles. The predicted octanol–water partition coefficient (Wildman–Crippen LogP) is 2.56. The molecular formula is C17H18FN3O4. The first-order chi connectivity index (χ1) is 11.9. The zero-order valence-electron chi connectivity index (χ0n) is 13.7. The summed E-state index contributed by atoms with van der Waals surface area (Å²) in [5.74, 6) is -2.22. The van der Waals surface area contributed by atoms with Crippen molar-refractivity contribution in [3.05, 3.63) is 46.8 Å². The van der Waals surface area contributed by atoms with E-state index in [4.69, 9.17) is 4.74 Å². The van der Waals surface area contributed by atoms with Crippen LogP contribution in [0.15, 0.2) is 35.4 Å². The molecule has 25 heavy (non-hydrogen) atoms. The van der Waals surface area contributed by atoms with E-state index < -0.39 is 22.9 Å². The van der Waals surface area contributed by atoms with Crippen LogP contribution in [0, 0.1) is 11.7 Å². The number of halogens is 1. The molecule has 0 bridgehead atoms. The number of rotatable bonds is 5. The van der Waals surface area contributed by atoms with Crippen molar-refractivity contribution in [3.8, 4) is 11.6 Å². The highest BCUT2D eigenvalue weighted by Gasteiger charge is 2.46. The van der Waals surface area contributed by atoms with Crippen LogP contribution in [0.2, 0.25) is 0 Å². The van der Waals surface area contributed by atoms with Crippen molar-refractivity contribution in [2.75, 3.05) is 0 Å². The topological polar surface area (TPSA) is 94.3 Å². The Morgan fingerprint density at radius 2 is 2.16 bits per heavy atom. The average molecular weight is 347 g/mol. The minimum Gasteiger partial charge on any atom is -0.479 e. The molecule has 1 aliphatic carbocycles. The van der Waals surface area contributed by atoms with Gasteiger partial charge in [0.25, 0.3) is 11.4 Å². The first-order valence-corrected chi connectivity index (χ1v) is 8.04. The molecule has 1 aliphatic rings. The molecule has 0 amide bonds. The fourth-order valence-electron chi connectivity index (χ4n) is 3.28. The quantitative estimate of drug-likeness (QED) is 0.893. The van der Waals surface area contributed by atoms with Crippen LogP contribution in [0.5, 0.6) is 11.6 Å². The maximum absolute atomic E-state index is 13.6. The highest BCUT2D eigenvalue weighted by atomic mass is 19.1. The number of aromatic nitrogens is 3. The molecule has 2 heterocycles. The summed E-state index contributed by atoms with van der Waals surface area (Å²) in [6, 6.07) is 3.69. The lowest BCUT2D eigenvalue weighted by atomic mass is 9.84. The molecule has 0 radical (unpaired) electrons. The lowest BCUT2D eigenvalue weighted by molar-refractivity contribution is -0.150. The smallest absolute Gasteiger partial charge is 0.331 e. The first-order valence-electron chi connectivity index (χ1n) is 8.04. The molecule has 7 nitrogen and oxygen atoms in total. The number of carboxylic acid groups (broad SMARTS) is 1. The third kappa shape index (κ3) is 3.11. The van der Waals surface area contributed by atoms with Gasteiger partial charge in [0.15, 0.2) is 17.1 Å². The number of carbonyl (C=O) groups is 1. The van der Waals surface area contributed by atoms with E-state index in [-0.39, 0.29) is 17.5 Å². The summed E-state index contributed by atoms with van der Waals surface area (Å²) in [7, 11) is 0. The molecular weight excluding hydrogens is 329 g/mol. The summed E-state index contributed by atoms with van der Waals surface area (Å²) < 4.78 is 19.8. The second-order valence-corrected chi connectivity index (χ2v) is 6.27. The van der Waals surface area contributed by atoms with Gasteiger partial charge in [0.05, 0.1) is 6.20 Å². The molecule has 1 atom stereocenters. The average Bonchev–Trinajstić information content (AvgIpc) is 3.11. The van der Waals surface area contributed by atoms with E-state index in [1.165, 1.54) is 31.5 Å². The zero-order valence-corrected chi connectivity index (χ0v) is 13.7. The summed E-state index contributed by atoms with van der Waals surface area (Å²) in [5, 5.41) is 13.7. The van der Waals surface area contributed by atoms with Gasteiger partial charge in [-0.15, -0.1) is 0 Å². The highest BCUT2D eigenvalue weighted by Crippen LogP contribution is 2.38. The Hall–Kier alpha value is -2.77. The molecule has 0 aromatic carbocycles. The van der Waals surface area contributed by atoms with Crippen molar-refractivity contribution >= 4 is 5.97 Å². The lowest BCUT2D eigenvalue weighted by Crippen LogP contribution is -2.50. The standard InChI is InChI=1S/C17H18FN3O4/c1-17(16(23)24,11-5-2-3-6-11)21-14(22)9-12(10-20-21)25-15-13(18)7-4-8-19-15/h4,7-11H,2-3,5-6H2,1H3,(H,23,24). The Bertz CT molecular complexity index is 848. The van der Waals surface area contributed by atoms with Gasteiger partial charge in [-0.3, -0.25) is 4.79 Å². The molecule has 0 spiro atoms. The molecule has 1 fully saturated rings. The van der Waals surface area contributed by atoms with Crippen molar-refractivity contribution in [2.45, 2.75) is 38.1 Å². The van der Waals surface area contributed by atoms with Crippen LogP contribution in [0.3, 0.4) is 0 Å². The number of hydrogen-bond donors (Lipinski definition) is 1. The van der Waals surface area contributed by atoms with Crippen molar-refractivity contribution in [2.24, 2.45) is 5.92 Å². The number of nitrogens with zero attached hydrogens (tertiary/aromatic N) is 3. The number of carboxylic acids is 1. The van der Waals surface area contributed by atoms with Gasteiger partial charge in [-0.25, -0.2) is 18.9 Å². The van der Waals surface area contributed by atoms with E-state index in [0.29, 0.717) is 0 Å². The third-order valence-corrected chi connectivity index (χ3v) is 4.74. The number of hydrogen-bond acceptors (Lipinski definition) is 5. The summed E-state index contributed by atoms with van der Waals surface area (Å²) in [6.07, 6.45) is 5.88. The molecule has 2 aromatic rings. The van der Waals surface area contributed by atoms with E-state index >= 15 is 0 Å². The first kappa shape index (κ1) is 17.1. The van der Waals surface area contributed by atoms with E-state index in [2.05, 4.69) is 10.1 Å². The summed E-state index contributed by atoms with van der Waals surface area (Å²) >= 11 is 0. The largest absolute Gasteiger partial charge is 0.479 e. The van der Waals surface area contributed by atoms with Crippen molar-refractivity contribution in [1.29, 1.82) is 0 Å².